The van der Waals surface area contributed by atoms with Gasteiger partial charge in [0, 0.05) is 44.6 Å². The molecule has 4 aliphatic rings. The normalized spacial score (nSPS) is 31.4. The van der Waals surface area contributed by atoms with E-state index in [9.17, 15) is 10.2 Å². The minimum Gasteiger partial charge on any atom is -0.388 e. The fourth-order valence-electron chi connectivity index (χ4n) is 5.23. The van der Waals surface area contributed by atoms with Gasteiger partial charge in [-0.3, -0.25) is 4.90 Å². The van der Waals surface area contributed by atoms with Gasteiger partial charge >= 0.3 is 0 Å². The number of benzene rings is 1. The molecule has 1 unspecified atom stereocenters. The van der Waals surface area contributed by atoms with Crippen LogP contribution in [0, 0.1) is 17.8 Å². The Balaban J connectivity index is 1.46. The maximum absolute atomic E-state index is 11.2. The smallest absolute Gasteiger partial charge is 0.141 e. The molecule has 2 aromatic rings. The van der Waals surface area contributed by atoms with Crippen molar-refractivity contribution in [1.82, 2.24) is 9.88 Å². The van der Waals surface area contributed by atoms with Gasteiger partial charge in [0.1, 0.15) is 17.5 Å². The average Bonchev–Trinajstić information content (AvgIpc) is 3.20. The van der Waals surface area contributed by atoms with Crippen molar-refractivity contribution < 1.29 is 14.9 Å². The van der Waals surface area contributed by atoms with Gasteiger partial charge in [-0.05, 0) is 43.6 Å². The summed E-state index contributed by atoms with van der Waals surface area (Å²) < 4.78 is 5.39. The highest BCUT2D eigenvalue weighted by Crippen LogP contribution is 2.35. The average molecular weight is 434 g/mol. The number of aliphatic hydroxyl groups is 2. The zero-order valence-electron chi connectivity index (χ0n) is 18.6. The summed E-state index contributed by atoms with van der Waals surface area (Å²) in [6.07, 6.45) is 1.95. The van der Waals surface area contributed by atoms with Crippen LogP contribution in [0.15, 0.2) is 42.5 Å². The molecule has 4 saturated heterocycles. The summed E-state index contributed by atoms with van der Waals surface area (Å²) in [6.45, 7) is 3.87. The van der Waals surface area contributed by atoms with Crippen LogP contribution in [0.5, 0.6) is 0 Å². The number of hydrogen-bond donors (Lipinski definition) is 2. The first-order valence-corrected chi connectivity index (χ1v) is 11.5. The number of piperidine rings is 3. The van der Waals surface area contributed by atoms with Crippen molar-refractivity contribution in [2.75, 3.05) is 44.7 Å². The van der Waals surface area contributed by atoms with E-state index in [1.165, 1.54) is 0 Å². The standard InChI is InChI=1S/C26H31N3O3/c1-32-24-17-29(16-23(24)30)25-8-7-20(22(27-25)15-19-5-3-2-4-6-19)9-12-26(31)18-28-13-10-21(26)11-14-28/h2-8,21,23-24,30-31H,10-11,13-18H2,1H3/t23-,24+,26?/m1/s1. The Hall–Kier alpha value is -2.43. The number of anilines is 1. The first kappa shape index (κ1) is 21.4. The molecule has 6 nitrogen and oxygen atoms in total. The summed E-state index contributed by atoms with van der Waals surface area (Å²) in [7, 11) is 1.63. The van der Waals surface area contributed by atoms with E-state index in [4.69, 9.17) is 9.72 Å². The third-order valence-electron chi connectivity index (χ3n) is 7.18. The van der Waals surface area contributed by atoms with Gasteiger partial charge in [0.25, 0.3) is 0 Å². The number of aromatic nitrogens is 1. The molecule has 2 bridgehead atoms. The lowest BCUT2D eigenvalue weighted by molar-refractivity contribution is -0.0713. The number of hydrogen-bond acceptors (Lipinski definition) is 6. The van der Waals surface area contributed by atoms with Crippen molar-refractivity contribution >= 4 is 5.82 Å². The maximum Gasteiger partial charge on any atom is 0.141 e. The molecule has 6 heteroatoms. The zero-order chi connectivity index (χ0) is 22.1. The second-order valence-electron chi connectivity index (χ2n) is 9.30. The molecule has 2 N–H and O–H groups in total. The Labute approximate surface area is 189 Å². The molecule has 1 aromatic heterocycles. The highest BCUT2D eigenvalue weighted by molar-refractivity contribution is 5.50. The number of rotatable bonds is 4. The van der Waals surface area contributed by atoms with Crippen LogP contribution in [0.4, 0.5) is 5.82 Å². The van der Waals surface area contributed by atoms with Gasteiger partial charge in [-0.2, -0.15) is 0 Å². The molecule has 5 heterocycles. The molecule has 0 saturated carbocycles. The Bertz CT molecular complexity index is 1010. The molecule has 0 amide bonds. The van der Waals surface area contributed by atoms with Gasteiger partial charge in [-0.15, -0.1) is 0 Å². The fraction of sp³-hybridized carbons (Fsp3) is 0.500. The van der Waals surface area contributed by atoms with Gasteiger partial charge in [0.05, 0.1) is 11.8 Å². The van der Waals surface area contributed by atoms with Gasteiger partial charge < -0.3 is 19.8 Å². The summed E-state index contributed by atoms with van der Waals surface area (Å²) >= 11 is 0. The van der Waals surface area contributed by atoms with E-state index in [1.54, 1.807) is 7.11 Å². The molecule has 6 rings (SSSR count). The van der Waals surface area contributed by atoms with E-state index < -0.39 is 11.7 Å². The Kier molecular flexibility index (Phi) is 5.92. The maximum atomic E-state index is 11.2. The predicted octanol–water partition coefficient (Wildman–Crippen LogP) is 1.68. The Morgan fingerprint density at radius 2 is 1.91 bits per heavy atom. The van der Waals surface area contributed by atoms with Crippen LogP contribution in [0.25, 0.3) is 0 Å². The molecule has 0 spiro atoms. The lowest BCUT2D eigenvalue weighted by Crippen LogP contribution is -2.58. The molecule has 168 valence electrons. The number of ether oxygens (including phenoxy) is 1. The molecule has 4 aliphatic heterocycles. The predicted molar refractivity (Wildman–Crippen MR) is 123 cm³/mol. The zero-order valence-corrected chi connectivity index (χ0v) is 18.6. The molecular formula is C26H31N3O3. The van der Waals surface area contributed by atoms with Gasteiger partial charge in [0.15, 0.2) is 0 Å². The SMILES string of the molecule is CO[C@H]1CN(c2ccc(C#CC3(O)CN4CCC3CC4)c(Cc3ccccc3)n2)C[C@H]1O. The third-order valence-corrected chi connectivity index (χ3v) is 7.18. The van der Waals surface area contributed by atoms with Crippen molar-refractivity contribution in [3.8, 4) is 11.8 Å². The second-order valence-corrected chi connectivity index (χ2v) is 9.30. The van der Waals surface area contributed by atoms with E-state index in [0.717, 1.165) is 48.6 Å². The van der Waals surface area contributed by atoms with Crippen LogP contribution in [0.1, 0.15) is 29.7 Å². The number of nitrogens with zero attached hydrogens (tertiary/aromatic N) is 3. The summed E-state index contributed by atoms with van der Waals surface area (Å²) in [5.41, 5.74) is 1.97. The molecule has 32 heavy (non-hydrogen) atoms. The minimum atomic E-state index is -0.941. The van der Waals surface area contributed by atoms with Crippen LogP contribution >= 0.6 is 0 Å². The topological polar surface area (TPSA) is 69.1 Å². The lowest BCUT2D eigenvalue weighted by Gasteiger charge is -2.47. The van der Waals surface area contributed by atoms with Gasteiger partial charge in [0.2, 0.25) is 0 Å². The molecule has 1 aromatic carbocycles. The lowest BCUT2D eigenvalue weighted by atomic mass is 9.75. The fourth-order valence-corrected chi connectivity index (χ4v) is 5.23. The molecule has 4 fully saturated rings. The van der Waals surface area contributed by atoms with Crippen LogP contribution in [-0.4, -0.2) is 77.7 Å². The Morgan fingerprint density at radius 1 is 1.12 bits per heavy atom. The van der Waals surface area contributed by atoms with E-state index in [0.29, 0.717) is 26.1 Å². The van der Waals surface area contributed by atoms with Crippen LogP contribution < -0.4 is 4.90 Å². The second kappa shape index (κ2) is 8.84. The van der Waals surface area contributed by atoms with Gasteiger partial charge in [-0.1, -0.05) is 42.2 Å². The van der Waals surface area contributed by atoms with Crippen molar-refractivity contribution in [2.24, 2.45) is 5.92 Å². The molecule has 3 atom stereocenters. The quantitative estimate of drug-likeness (QED) is 0.715. The van der Waals surface area contributed by atoms with Crippen molar-refractivity contribution in [3.63, 3.8) is 0 Å². The van der Waals surface area contributed by atoms with E-state index in [2.05, 4.69) is 33.8 Å². The number of aliphatic hydroxyl groups excluding tert-OH is 1. The van der Waals surface area contributed by atoms with E-state index in [-0.39, 0.29) is 12.0 Å². The number of fused-ring (bicyclic) bond motifs is 3. The van der Waals surface area contributed by atoms with Crippen molar-refractivity contribution in [1.29, 1.82) is 0 Å². The summed E-state index contributed by atoms with van der Waals surface area (Å²) in [5, 5.41) is 21.5. The molecular weight excluding hydrogens is 402 g/mol. The largest absolute Gasteiger partial charge is 0.388 e. The first-order valence-electron chi connectivity index (χ1n) is 11.5. The van der Waals surface area contributed by atoms with Gasteiger partial charge in [-0.25, -0.2) is 4.98 Å². The van der Waals surface area contributed by atoms with Crippen LogP contribution in [0.2, 0.25) is 0 Å². The van der Waals surface area contributed by atoms with Crippen LogP contribution in [-0.2, 0) is 11.2 Å². The minimum absolute atomic E-state index is 0.209. The number of methoxy groups -OCH3 is 1. The number of β-amino-alcohol motifs (C(OH)–C–C–N with tert-alkyl or cyclic N) is 1. The third kappa shape index (κ3) is 4.26. The summed E-state index contributed by atoms with van der Waals surface area (Å²) in [5.74, 6) is 7.60. The van der Waals surface area contributed by atoms with Crippen LogP contribution in [0.3, 0.4) is 0 Å². The summed E-state index contributed by atoms with van der Waals surface area (Å²) in [6, 6.07) is 14.2. The van der Waals surface area contributed by atoms with Crippen molar-refractivity contribution in [3.05, 3.63) is 59.3 Å². The molecule has 0 radical (unpaired) electrons. The van der Waals surface area contributed by atoms with E-state index in [1.807, 2.05) is 30.3 Å². The highest BCUT2D eigenvalue weighted by atomic mass is 16.5. The molecule has 0 aliphatic carbocycles. The number of pyridine rings is 1. The summed E-state index contributed by atoms with van der Waals surface area (Å²) in [4.78, 5) is 9.32. The highest BCUT2D eigenvalue weighted by Gasteiger charge is 2.44. The first-order chi connectivity index (χ1) is 15.5. The Morgan fingerprint density at radius 3 is 2.56 bits per heavy atom. The van der Waals surface area contributed by atoms with E-state index >= 15 is 0 Å². The van der Waals surface area contributed by atoms with Crippen molar-refractivity contribution in [2.45, 2.75) is 37.1 Å². The monoisotopic (exact) mass is 433 g/mol.